The highest BCUT2D eigenvalue weighted by Crippen LogP contribution is 2.26. The normalized spacial score (nSPS) is 14.9. The Morgan fingerprint density at radius 3 is 2.73 bits per heavy atom. The summed E-state index contributed by atoms with van der Waals surface area (Å²) in [5, 5.41) is 9.74. The lowest BCUT2D eigenvalue weighted by Crippen LogP contribution is -2.28. The molecule has 3 N–H and O–H groups in total. The molecular weight excluding hydrogens is 210 g/mol. The van der Waals surface area contributed by atoms with Crippen molar-refractivity contribution in [2.45, 2.75) is 31.7 Å². The van der Waals surface area contributed by atoms with Gasteiger partial charge in [-0.25, -0.2) is 0 Å². The van der Waals surface area contributed by atoms with Crippen LogP contribution in [-0.2, 0) is 0 Å². The summed E-state index contributed by atoms with van der Waals surface area (Å²) in [5.41, 5.74) is 7.15. The van der Waals surface area contributed by atoms with Crippen LogP contribution >= 0.6 is 11.6 Å². The number of nitrogens with two attached hydrogens (primary N) is 1. The van der Waals surface area contributed by atoms with Gasteiger partial charge in [0.05, 0.1) is 0 Å². The first-order valence-corrected chi connectivity index (χ1v) is 5.68. The molecule has 15 heavy (non-hydrogen) atoms. The molecular formula is C12H18ClNO. The van der Waals surface area contributed by atoms with Crippen LogP contribution in [-0.4, -0.2) is 17.8 Å². The molecule has 0 heterocycles. The van der Waals surface area contributed by atoms with E-state index in [4.69, 9.17) is 22.4 Å². The van der Waals surface area contributed by atoms with Crippen molar-refractivity contribution in [3.63, 3.8) is 0 Å². The van der Waals surface area contributed by atoms with Gasteiger partial charge in [0.2, 0.25) is 0 Å². The van der Waals surface area contributed by atoms with Crippen LogP contribution in [0.4, 0.5) is 0 Å². The molecule has 0 aliphatic rings. The molecule has 1 aromatic rings. The Kier molecular flexibility index (Phi) is 5.09. The number of hydrogen-bond acceptors (Lipinski definition) is 2. The fourth-order valence-electron chi connectivity index (χ4n) is 1.79. The molecule has 0 aliphatic carbocycles. The summed E-state index contributed by atoms with van der Waals surface area (Å²) in [6.07, 6.45) is 1.59. The highest BCUT2D eigenvalue weighted by Gasteiger charge is 2.17. The largest absolute Gasteiger partial charge is 0.396 e. The fourth-order valence-corrected chi connectivity index (χ4v) is 1.99. The van der Waals surface area contributed by atoms with Gasteiger partial charge in [0.1, 0.15) is 0 Å². The van der Waals surface area contributed by atoms with Gasteiger partial charge in [-0.1, -0.05) is 30.7 Å². The molecule has 1 aromatic carbocycles. The minimum atomic E-state index is 0.0793. The Hall–Kier alpha value is -0.570. The van der Waals surface area contributed by atoms with Crippen LogP contribution in [0.3, 0.4) is 0 Å². The van der Waals surface area contributed by atoms with E-state index in [1.165, 1.54) is 0 Å². The average Bonchev–Trinajstić information content (AvgIpc) is 2.25. The zero-order chi connectivity index (χ0) is 11.3. The number of aliphatic hydroxyl groups is 1. The molecule has 0 bridgehead atoms. The summed E-state index contributed by atoms with van der Waals surface area (Å²) in [5.74, 6) is 0.193. The SMILES string of the molecule is CCC(N)C(CCO)c1cccc(Cl)c1. The minimum Gasteiger partial charge on any atom is -0.396 e. The second-order valence-electron chi connectivity index (χ2n) is 3.75. The summed E-state index contributed by atoms with van der Waals surface area (Å²) < 4.78 is 0. The van der Waals surface area contributed by atoms with Gasteiger partial charge in [-0.15, -0.1) is 0 Å². The van der Waals surface area contributed by atoms with Crippen LogP contribution in [0.1, 0.15) is 31.2 Å². The molecule has 1 rings (SSSR count). The first-order valence-electron chi connectivity index (χ1n) is 5.31. The van der Waals surface area contributed by atoms with Crippen LogP contribution in [0.15, 0.2) is 24.3 Å². The maximum atomic E-state index is 9.02. The van der Waals surface area contributed by atoms with Crippen LogP contribution in [0.2, 0.25) is 5.02 Å². The van der Waals surface area contributed by atoms with Gasteiger partial charge in [-0.2, -0.15) is 0 Å². The summed E-state index contributed by atoms with van der Waals surface area (Å²) in [7, 11) is 0. The molecule has 0 radical (unpaired) electrons. The molecule has 0 aliphatic heterocycles. The summed E-state index contributed by atoms with van der Waals surface area (Å²) in [4.78, 5) is 0. The number of benzene rings is 1. The second kappa shape index (κ2) is 6.11. The van der Waals surface area contributed by atoms with E-state index in [0.717, 1.165) is 17.0 Å². The van der Waals surface area contributed by atoms with Gasteiger partial charge in [-0.3, -0.25) is 0 Å². The van der Waals surface area contributed by atoms with E-state index in [0.29, 0.717) is 6.42 Å². The molecule has 0 aromatic heterocycles. The Bertz CT molecular complexity index is 303. The van der Waals surface area contributed by atoms with E-state index in [9.17, 15) is 0 Å². The van der Waals surface area contributed by atoms with Gasteiger partial charge in [0.25, 0.3) is 0 Å². The summed E-state index contributed by atoms with van der Waals surface area (Å²) in [6.45, 7) is 2.21. The standard InChI is InChI=1S/C12H18ClNO/c1-2-12(14)11(6-7-15)9-4-3-5-10(13)8-9/h3-5,8,11-12,15H,2,6-7,14H2,1H3. The Labute approximate surface area is 96.1 Å². The van der Waals surface area contributed by atoms with E-state index in [1.54, 1.807) is 0 Å². The smallest absolute Gasteiger partial charge is 0.0437 e. The molecule has 3 heteroatoms. The monoisotopic (exact) mass is 227 g/mol. The van der Waals surface area contributed by atoms with Crippen molar-refractivity contribution in [3.8, 4) is 0 Å². The zero-order valence-corrected chi connectivity index (χ0v) is 9.74. The van der Waals surface area contributed by atoms with Crippen molar-refractivity contribution in [3.05, 3.63) is 34.9 Å². The van der Waals surface area contributed by atoms with Crippen LogP contribution < -0.4 is 5.73 Å². The van der Waals surface area contributed by atoms with Crippen molar-refractivity contribution in [2.24, 2.45) is 5.73 Å². The quantitative estimate of drug-likeness (QED) is 0.812. The van der Waals surface area contributed by atoms with E-state index in [2.05, 4.69) is 6.92 Å². The molecule has 2 unspecified atom stereocenters. The van der Waals surface area contributed by atoms with Gasteiger partial charge < -0.3 is 10.8 Å². The Morgan fingerprint density at radius 2 is 2.20 bits per heavy atom. The van der Waals surface area contributed by atoms with Gasteiger partial charge in [0.15, 0.2) is 0 Å². The van der Waals surface area contributed by atoms with E-state index in [-0.39, 0.29) is 18.6 Å². The average molecular weight is 228 g/mol. The Morgan fingerprint density at radius 1 is 1.47 bits per heavy atom. The predicted octanol–water partition coefficient (Wildman–Crippen LogP) is 2.54. The predicted molar refractivity (Wildman–Crippen MR) is 64.2 cm³/mol. The van der Waals surface area contributed by atoms with Crippen molar-refractivity contribution < 1.29 is 5.11 Å². The summed E-state index contributed by atoms with van der Waals surface area (Å²) >= 11 is 5.93. The topological polar surface area (TPSA) is 46.2 Å². The third-order valence-corrected chi connectivity index (χ3v) is 2.94. The van der Waals surface area contributed by atoms with Crippen molar-refractivity contribution in [1.82, 2.24) is 0 Å². The lowest BCUT2D eigenvalue weighted by atomic mass is 9.88. The summed E-state index contributed by atoms with van der Waals surface area (Å²) in [6, 6.07) is 7.79. The fraction of sp³-hybridized carbons (Fsp3) is 0.500. The lowest BCUT2D eigenvalue weighted by Gasteiger charge is -2.22. The molecule has 0 amide bonds. The van der Waals surface area contributed by atoms with Crippen molar-refractivity contribution in [2.75, 3.05) is 6.61 Å². The molecule has 0 saturated carbocycles. The lowest BCUT2D eigenvalue weighted by molar-refractivity contribution is 0.266. The molecule has 2 nitrogen and oxygen atoms in total. The number of halogens is 1. The third kappa shape index (κ3) is 3.49. The molecule has 0 spiro atoms. The number of hydrogen-bond donors (Lipinski definition) is 2. The van der Waals surface area contributed by atoms with Gasteiger partial charge in [-0.05, 0) is 30.5 Å². The molecule has 0 fully saturated rings. The first kappa shape index (κ1) is 12.5. The van der Waals surface area contributed by atoms with Gasteiger partial charge >= 0.3 is 0 Å². The van der Waals surface area contributed by atoms with Crippen LogP contribution in [0.5, 0.6) is 0 Å². The molecule has 0 saturated heterocycles. The number of aliphatic hydroxyl groups excluding tert-OH is 1. The van der Waals surface area contributed by atoms with E-state index in [1.807, 2.05) is 24.3 Å². The third-order valence-electron chi connectivity index (χ3n) is 2.71. The maximum absolute atomic E-state index is 9.02. The first-order chi connectivity index (χ1) is 7.19. The maximum Gasteiger partial charge on any atom is 0.0437 e. The molecule has 2 atom stereocenters. The van der Waals surface area contributed by atoms with E-state index >= 15 is 0 Å². The highest BCUT2D eigenvalue weighted by atomic mass is 35.5. The van der Waals surface area contributed by atoms with Crippen molar-refractivity contribution >= 4 is 11.6 Å². The van der Waals surface area contributed by atoms with Crippen LogP contribution in [0, 0.1) is 0 Å². The number of rotatable bonds is 5. The van der Waals surface area contributed by atoms with Crippen LogP contribution in [0.25, 0.3) is 0 Å². The highest BCUT2D eigenvalue weighted by molar-refractivity contribution is 6.30. The molecule has 84 valence electrons. The zero-order valence-electron chi connectivity index (χ0n) is 8.99. The minimum absolute atomic E-state index is 0.0793. The van der Waals surface area contributed by atoms with E-state index < -0.39 is 0 Å². The van der Waals surface area contributed by atoms with Crippen molar-refractivity contribution in [1.29, 1.82) is 0 Å². The Balaban J connectivity index is 2.88. The second-order valence-corrected chi connectivity index (χ2v) is 4.18. The van der Waals surface area contributed by atoms with Gasteiger partial charge in [0, 0.05) is 23.6 Å².